The largest absolute Gasteiger partial charge is 0.368 e. The lowest BCUT2D eigenvalue weighted by molar-refractivity contribution is 0.231. The zero-order valence-corrected chi connectivity index (χ0v) is 12.9. The van der Waals surface area contributed by atoms with Crippen LogP contribution in [-0.2, 0) is 0 Å². The Morgan fingerprint density at radius 1 is 1.12 bits per heavy atom. The fourth-order valence-corrected chi connectivity index (χ4v) is 3.78. The minimum Gasteiger partial charge on any atom is -0.368 e. The summed E-state index contributed by atoms with van der Waals surface area (Å²) in [5.41, 5.74) is 1.32. The van der Waals surface area contributed by atoms with Gasteiger partial charge in [-0.05, 0) is 53.5 Å². The second kappa shape index (κ2) is 4.90. The molecule has 2 heterocycles. The number of fused-ring (bicyclic) bond motifs is 1. The van der Waals surface area contributed by atoms with Gasteiger partial charge in [0, 0.05) is 34.6 Å². The van der Waals surface area contributed by atoms with Crippen LogP contribution in [0.1, 0.15) is 12.8 Å². The van der Waals surface area contributed by atoms with E-state index in [1.807, 2.05) is 0 Å². The Morgan fingerprint density at radius 2 is 2.00 bits per heavy atom. The zero-order chi connectivity index (χ0) is 11.8. The van der Waals surface area contributed by atoms with Crippen LogP contribution in [0.15, 0.2) is 27.1 Å². The molecule has 92 valence electrons. The van der Waals surface area contributed by atoms with Crippen molar-refractivity contribution in [2.75, 3.05) is 31.1 Å². The topological polar surface area (TPSA) is 6.48 Å². The van der Waals surface area contributed by atoms with Gasteiger partial charge in [0.15, 0.2) is 0 Å². The SMILES string of the molecule is Brc1ccc(Br)c(N2CCN3CCCC3C2)c1. The van der Waals surface area contributed by atoms with Gasteiger partial charge >= 0.3 is 0 Å². The van der Waals surface area contributed by atoms with Crippen molar-refractivity contribution in [3.8, 4) is 0 Å². The predicted molar refractivity (Wildman–Crippen MR) is 78.7 cm³/mol. The average Bonchev–Trinajstić information content (AvgIpc) is 2.79. The lowest BCUT2D eigenvalue weighted by Crippen LogP contribution is -2.50. The van der Waals surface area contributed by atoms with Gasteiger partial charge in [0.25, 0.3) is 0 Å². The molecule has 1 unspecified atom stereocenters. The van der Waals surface area contributed by atoms with E-state index in [0.29, 0.717) is 0 Å². The first-order valence-corrected chi connectivity index (χ1v) is 7.77. The summed E-state index contributed by atoms with van der Waals surface area (Å²) in [6.07, 6.45) is 2.74. The van der Waals surface area contributed by atoms with Crippen molar-refractivity contribution in [3.05, 3.63) is 27.1 Å². The van der Waals surface area contributed by atoms with E-state index < -0.39 is 0 Å². The molecule has 0 aliphatic carbocycles. The molecule has 17 heavy (non-hydrogen) atoms. The van der Waals surface area contributed by atoms with E-state index in [1.54, 1.807) is 0 Å². The lowest BCUT2D eigenvalue weighted by Gasteiger charge is -2.39. The van der Waals surface area contributed by atoms with Crippen LogP contribution < -0.4 is 4.90 Å². The van der Waals surface area contributed by atoms with Crippen molar-refractivity contribution in [1.82, 2.24) is 4.90 Å². The van der Waals surface area contributed by atoms with Crippen LogP contribution in [-0.4, -0.2) is 37.1 Å². The van der Waals surface area contributed by atoms with Gasteiger partial charge in [-0.25, -0.2) is 0 Å². The number of benzene rings is 1. The molecule has 2 nitrogen and oxygen atoms in total. The van der Waals surface area contributed by atoms with E-state index in [0.717, 1.165) is 17.1 Å². The molecule has 0 spiro atoms. The Balaban J connectivity index is 1.82. The monoisotopic (exact) mass is 358 g/mol. The van der Waals surface area contributed by atoms with Gasteiger partial charge in [-0.15, -0.1) is 0 Å². The molecule has 1 aromatic rings. The van der Waals surface area contributed by atoms with Gasteiger partial charge in [-0.2, -0.15) is 0 Å². The van der Waals surface area contributed by atoms with Crippen molar-refractivity contribution >= 4 is 37.5 Å². The summed E-state index contributed by atoms with van der Waals surface area (Å²) in [4.78, 5) is 5.16. The number of hydrogen-bond acceptors (Lipinski definition) is 2. The molecular weight excluding hydrogens is 344 g/mol. The van der Waals surface area contributed by atoms with Crippen LogP contribution in [0.5, 0.6) is 0 Å². The molecule has 4 heteroatoms. The highest BCUT2D eigenvalue weighted by atomic mass is 79.9. The summed E-state index contributed by atoms with van der Waals surface area (Å²) in [6.45, 7) is 4.84. The van der Waals surface area contributed by atoms with E-state index in [9.17, 15) is 0 Å². The Hall–Kier alpha value is -0.0600. The summed E-state index contributed by atoms with van der Waals surface area (Å²) >= 11 is 7.22. The molecule has 3 rings (SSSR count). The minimum absolute atomic E-state index is 0.773. The maximum absolute atomic E-state index is 3.66. The summed E-state index contributed by atoms with van der Waals surface area (Å²) < 4.78 is 2.36. The first-order chi connectivity index (χ1) is 8.24. The molecule has 2 fully saturated rings. The standard InChI is InChI=1S/C13H16Br2N2/c14-10-3-4-12(15)13(8-10)17-7-6-16-5-1-2-11(16)9-17/h3-4,8,11H,1-2,5-7,9H2. The highest BCUT2D eigenvalue weighted by Crippen LogP contribution is 2.32. The maximum Gasteiger partial charge on any atom is 0.0522 e. The summed E-state index contributed by atoms with van der Waals surface area (Å²) in [6, 6.07) is 7.20. The number of rotatable bonds is 1. The van der Waals surface area contributed by atoms with Crippen molar-refractivity contribution in [2.24, 2.45) is 0 Å². The van der Waals surface area contributed by atoms with Crippen molar-refractivity contribution < 1.29 is 0 Å². The number of hydrogen-bond donors (Lipinski definition) is 0. The minimum atomic E-state index is 0.773. The van der Waals surface area contributed by atoms with Gasteiger partial charge in [0.2, 0.25) is 0 Å². The third-order valence-electron chi connectivity index (χ3n) is 3.84. The lowest BCUT2D eigenvalue weighted by atomic mass is 10.1. The first kappa shape index (κ1) is 12.0. The van der Waals surface area contributed by atoms with E-state index >= 15 is 0 Å². The van der Waals surface area contributed by atoms with E-state index in [-0.39, 0.29) is 0 Å². The van der Waals surface area contributed by atoms with Crippen molar-refractivity contribution in [3.63, 3.8) is 0 Å². The van der Waals surface area contributed by atoms with Crippen LogP contribution in [0.4, 0.5) is 5.69 Å². The van der Waals surface area contributed by atoms with Gasteiger partial charge in [0.05, 0.1) is 5.69 Å². The third kappa shape index (κ3) is 2.40. The van der Waals surface area contributed by atoms with E-state index in [4.69, 9.17) is 0 Å². The number of halogens is 2. The van der Waals surface area contributed by atoms with Crippen LogP contribution in [0.25, 0.3) is 0 Å². The highest BCUT2D eigenvalue weighted by Gasteiger charge is 2.31. The predicted octanol–water partition coefficient (Wildman–Crippen LogP) is 3.50. The van der Waals surface area contributed by atoms with Crippen molar-refractivity contribution in [2.45, 2.75) is 18.9 Å². The Labute approximate surface area is 119 Å². The highest BCUT2D eigenvalue weighted by molar-refractivity contribution is 9.11. The fourth-order valence-electron chi connectivity index (χ4n) is 2.94. The third-order valence-corrected chi connectivity index (χ3v) is 5.00. The zero-order valence-electron chi connectivity index (χ0n) is 9.70. The summed E-state index contributed by atoms with van der Waals surface area (Å²) in [5.74, 6) is 0. The van der Waals surface area contributed by atoms with Crippen LogP contribution in [0, 0.1) is 0 Å². The quantitative estimate of drug-likeness (QED) is 0.757. The Bertz CT molecular complexity index is 422. The van der Waals surface area contributed by atoms with Gasteiger partial charge in [-0.3, -0.25) is 4.90 Å². The number of piperazine rings is 1. The van der Waals surface area contributed by atoms with Gasteiger partial charge in [-0.1, -0.05) is 15.9 Å². The maximum atomic E-state index is 3.66. The molecule has 0 amide bonds. The molecule has 2 saturated heterocycles. The molecule has 2 aliphatic heterocycles. The Morgan fingerprint density at radius 3 is 2.88 bits per heavy atom. The Kier molecular flexibility index (Phi) is 3.46. The second-order valence-electron chi connectivity index (χ2n) is 4.87. The molecule has 0 radical (unpaired) electrons. The molecular formula is C13H16Br2N2. The number of anilines is 1. The summed E-state index contributed by atoms with van der Waals surface area (Å²) in [7, 11) is 0. The van der Waals surface area contributed by atoms with Gasteiger partial charge < -0.3 is 4.90 Å². The van der Waals surface area contributed by atoms with Crippen LogP contribution >= 0.6 is 31.9 Å². The molecule has 0 saturated carbocycles. The van der Waals surface area contributed by atoms with Crippen LogP contribution in [0.2, 0.25) is 0 Å². The fraction of sp³-hybridized carbons (Fsp3) is 0.538. The van der Waals surface area contributed by atoms with Gasteiger partial charge in [0.1, 0.15) is 0 Å². The normalized spacial score (nSPS) is 25.1. The first-order valence-electron chi connectivity index (χ1n) is 6.18. The molecule has 1 atom stereocenters. The average molecular weight is 360 g/mol. The van der Waals surface area contributed by atoms with Crippen molar-refractivity contribution in [1.29, 1.82) is 0 Å². The molecule has 0 N–H and O–H groups in total. The smallest absolute Gasteiger partial charge is 0.0522 e. The van der Waals surface area contributed by atoms with E-state index in [1.165, 1.54) is 42.6 Å². The number of nitrogens with zero attached hydrogens (tertiary/aromatic N) is 2. The van der Waals surface area contributed by atoms with Crippen LogP contribution in [0.3, 0.4) is 0 Å². The molecule has 2 aliphatic rings. The molecule has 1 aromatic carbocycles. The second-order valence-corrected chi connectivity index (χ2v) is 6.64. The van der Waals surface area contributed by atoms with E-state index in [2.05, 4.69) is 59.9 Å². The summed E-state index contributed by atoms with van der Waals surface area (Å²) in [5, 5.41) is 0. The molecule has 0 aromatic heterocycles. The molecule has 0 bridgehead atoms.